The third-order valence-electron chi connectivity index (χ3n) is 3.69. The summed E-state index contributed by atoms with van der Waals surface area (Å²) in [7, 11) is 0. The van der Waals surface area contributed by atoms with Gasteiger partial charge in [0.2, 0.25) is 5.91 Å². The molecule has 2 nitrogen and oxygen atoms in total. The van der Waals surface area contributed by atoms with Gasteiger partial charge >= 0.3 is 6.18 Å². The predicted molar refractivity (Wildman–Crippen MR) is 102 cm³/mol. The molecule has 144 valence electrons. The molecule has 0 saturated carbocycles. The van der Waals surface area contributed by atoms with Crippen LogP contribution in [0.1, 0.15) is 30.0 Å². The second-order valence-electron chi connectivity index (χ2n) is 5.81. The largest absolute Gasteiger partial charge is 0.399 e. The van der Waals surface area contributed by atoms with Crippen LogP contribution in [0.15, 0.2) is 54.6 Å². The maximum absolute atomic E-state index is 13.6. The number of hydrogen-bond acceptors (Lipinski definition) is 1. The van der Waals surface area contributed by atoms with Crippen molar-refractivity contribution in [2.24, 2.45) is 0 Å². The Balaban J connectivity index is 2.45. The number of carbonyl (C=O) groups is 1. The molecule has 0 fully saturated rings. The van der Waals surface area contributed by atoms with Gasteiger partial charge in [0.1, 0.15) is 0 Å². The standard InChI is InChI=1S/C19H15Cl3F3NO/c1-11(27)26-18(15-4-2-3-5-17(15)22)7-6-16(19(23,24)25)12-8-13(20)10-14(21)9-12/h2-10,16,18H,1H3,(H,26,27)/b7-6+. The zero-order valence-electron chi connectivity index (χ0n) is 14.0. The van der Waals surface area contributed by atoms with Crippen LogP contribution in [-0.4, -0.2) is 12.1 Å². The molecule has 0 aliphatic heterocycles. The first-order valence-electron chi connectivity index (χ1n) is 7.80. The van der Waals surface area contributed by atoms with Gasteiger partial charge in [-0.05, 0) is 35.4 Å². The van der Waals surface area contributed by atoms with Crippen molar-refractivity contribution in [2.75, 3.05) is 0 Å². The van der Waals surface area contributed by atoms with E-state index in [1.807, 2.05) is 0 Å². The zero-order valence-corrected chi connectivity index (χ0v) is 16.3. The molecule has 2 aromatic rings. The Morgan fingerprint density at radius 3 is 2.15 bits per heavy atom. The van der Waals surface area contributed by atoms with Crippen LogP contribution in [0.3, 0.4) is 0 Å². The van der Waals surface area contributed by atoms with Crippen LogP contribution < -0.4 is 5.32 Å². The summed E-state index contributed by atoms with van der Waals surface area (Å²) in [6, 6.07) is 9.54. The fourth-order valence-electron chi connectivity index (χ4n) is 2.56. The number of allylic oxidation sites excluding steroid dienone is 1. The van der Waals surface area contributed by atoms with Crippen LogP contribution in [0.4, 0.5) is 13.2 Å². The van der Waals surface area contributed by atoms with Crippen LogP contribution in [0.5, 0.6) is 0 Å². The third-order valence-corrected chi connectivity index (χ3v) is 4.47. The lowest BCUT2D eigenvalue weighted by Gasteiger charge is -2.20. The number of nitrogens with one attached hydrogen (secondary N) is 1. The smallest absolute Gasteiger partial charge is 0.346 e. The second-order valence-corrected chi connectivity index (χ2v) is 7.09. The average Bonchev–Trinajstić information content (AvgIpc) is 2.52. The molecule has 1 amide bonds. The molecule has 0 spiro atoms. The van der Waals surface area contributed by atoms with E-state index in [4.69, 9.17) is 34.8 Å². The monoisotopic (exact) mass is 435 g/mol. The van der Waals surface area contributed by atoms with Crippen LogP contribution in [-0.2, 0) is 4.79 Å². The first-order valence-corrected chi connectivity index (χ1v) is 8.94. The number of amides is 1. The zero-order chi connectivity index (χ0) is 20.2. The highest BCUT2D eigenvalue weighted by Gasteiger charge is 2.39. The molecule has 0 saturated heterocycles. The van der Waals surface area contributed by atoms with E-state index in [0.717, 1.165) is 6.08 Å². The Morgan fingerprint density at radius 1 is 1.04 bits per heavy atom. The Hall–Kier alpha value is -1.69. The van der Waals surface area contributed by atoms with E-state index < -0.39 is 24.0 Å². The van der Waals surface area contributed by atoms with E-state index in [1.54, 1.807) is 24.3 Å². The molecule has 0 aliphatic rings. The molecular formula is C19H15Cl3F3NO. The van der Waals surface area contributed by atoms with Gasteiger partial charge in [0.15, 0.2) is 0 Å². The Kier molecular flexibility index (Phi) is 7.20. The van der Waals surface area contributed by atoms with E-state index in [9.17, 15) is 18.0 Å². The highest BCUT2D eigenvalue weighted by molar-refractivity contribution is 6.34. The number of rotatable bonds is 5. The van der Waals surface area contributed by atoms with Gasteiger partial charge in [-0.25, -0.2) is 0 Å². The molecule has 1 N–H and O–H groups in total. The summed E-state index contributed by atoms with van der Waals surface area (Å²) in [5.41, 5.74) is 0.382. The van der Waals surface area contributed by atoms with E-state index in [1.165, 1.54) is 31.2 Å². The minimum atomic E-state index is -4.58. The molecular weight excluding hydrogens is 422 g/mol. The van der Waals surface area contributed by atoms with Gasteiger partial charge < -0.3 is 5.32 Å². The first kappa shape index (κ1) is 21.6. The van der Waals surface area contributed by atoms with Crippen LogP contribution in [0, 0.1) is 0 Å². The lowest BCUT2D eigenvalue weighted by molar-refractivity contribution is -0.139. The van der Waals surface area contributed by atoms with Crippen molar-refractivity contribution < 1.29 is 18.0 Å². The number of hydrogen-bond donors (Lipinski definition) is 1. The SMILES string of the molecule is CC(=O)NC(/C=C/C(c1cc(Cl)cc(Cl)c1)C(F)(F)F)c1ccccc1Cl. The van der Waals surface area contributed by atoms with E-state index in [-0.39, 0.29) is 15.6 Å². The Labute approximate surface area is 169 Å². The Bertz CT molecular complexity index is 832. The average molecular weight is 437 g/mol. The molecule has 0 heterocycles. The van der Waals surface area contributed by atoms with E-state index in [2.05, 4.69) is 5.32 Å². The molecule has 0 aromatic heterocycles. The van der Waals surface area contributed by atoms with Gasteiger partial charge in [-0.2, -0.15) is 13.2 Å². The minimum absolute atomic E-state index is 0.100. The van der Waals surface area contributed by atoms with Crippen molar-refractivity contribution in [1.82, 2.24) is 5.32 Å². The quantitative estimate of drug-likeness (QED) is 0.518. The summed E-state index contributed by atoms with van der Waals surface area (Å²) in [4.78, 5) is 11.5. The van der Waals surface area contributed by atoms with Crippen molar-refractivity contribution in [3.05, 3.63) is 80.8 Å². The molecule has 8 heteroatoms. The number of alkyl halides is 3. The van der Waals surface area contributed by atoms with Crippen molar-refractivity contribution >= 4 is 40.7 Å². The third kappa shape index (κ3) is 6.16. The van der Waals surface area contributed by atoms with Crippen molar-refractivity contribution in [2.45, 2.75) is 25.1 Å². The fraction of sp³-hybridized carbons (Fsp3) is 0.211. The lowest BCUT2D eigenvalue weighted by atomic mass is 9.96. The number of benzene rings is 2. The first-order chi connectivity index (χ1) is 12.6. The predicted octanol–water partition coefficient (Wildman–Crippen LogP) is 6.73. The summed E-state index contributed by atoms with van der Waals surface area (Å²) in [5.74, 6) is -2.36. The molecule has 2 atom stereocenters. The lowest BCUT2D eigenvalue weighted by Crippen LogP contribution is -2.25. The molecule has 0 radical (unpaired) electrons. The molecule has 2 aromatic carbocycles. The van der Waals surface area contributed by atoms with Crippen LogP contribution >= 0.6 is 34.8 Å². The highest BCUT2D eigenvalue weighted by Crippen LogP contribution is 2.38. The fourth-order valence-corrected chi connectivity index (χ4v) is 3.36. The van der Waals surface area contributed by atoms with Crippen molar-refractivity contribution in [3.8, 4) is 0 Å². The van der Waals surface area contributed by atoms with Gasteiger partial charge in [0.05, 0.1) is 12.0 Å². The van der Waals surface area contributed by atoms with Crippen molar-refractivity contribution in [3.63, 3.8) is 0 Å². The summed E-state index contributed by atoms with van der Waals surface area (Å²) in [6.45, 7) is 1.27. The summed E-state index contributed by atoms with van der Waals surface area (Å²) < 4.78 is 40.8. The maximum Gasteiger partial charge on any atom is 0.399 e. The van der Waals surface area contributed by atoms with Crippen molar-refractivity contribution in [1.29, 1.82) is 0 Å². The molecule has 0 bridgehead atoms. The molecule has 0 aliphatic carbocycles. The Morgan fingerprint density at radius 2 is 1.63 bits per heavy atom. The normalized spacial score (nSPS) is 14.2. The summed E-state index contributed by atoms with van der Waals surface area (Å²) in [6.07, 6.45) is -2.35. The summed E-state index contributed by atoms with van der Waals surface area (Å²) in [5, 5.41) is 3.12. The number of carbonyl (C=O) groups excluding carboxylic acids is 1. The molecule has 27 heavy (non-hydrogen) atoms. The van der Waals surface area contributed by atoms with Gasteiger partial charge in [0.25, 0.3) is 0 Å². The maximum atomic E-state index is 13.6. The minimum Gasteiger partial charge on any atom is -0.346 e. The van der Waals surface area contributed by atoms with E-state index >= 15 is 0 Å². The number of halogens is 6. The topological polar surface area (TPSA) is 29.1 Å². The van der Waals surface area contributed by atoms with Gasteiger partial charge in [-0.3, -0.25) is 4.79 Å². The highest BCUT2D eigenvalue weighted by atomic mass is 35.5. The molecule has 2 unspecified atom stereocenters. The summed E-state index contributed by atoms with van der Waals surface area (Å²) >= 11 is 17.8. The van der Waals surface area contributed by atoms with Gasteiger partial charge in [-0.15, -0.1) is 0 Å². The second kappa shape index (κ2) is 9.00. The van der Waals surface area contributed by atoms with Gasteiger partial charge in [-0.1, -0.05) is 65.2 Å². The molecule has 2 rings (SSSR count). The van der Waals surface area contributed by atoms with Crippen LogP contribution in [0.2, 0.25) is 15.1 Å². The van der Waals surface area contributed by atoms with Crippen LogP contribution in [0.25, 0.3) is 0 Å². The van der Waals surface area contributed by atoms with Gasteiger partial charge in [0, 0.05) is 22.0 Å². The van der Waals surface area contributed by atoms with E-state index in [0.29, 0.717) is 10.6 Å².